The van der Waals surface area contributed by atoms with Gasteiger partial charge in [0, 0.05) is 6.92 Å². The first-order chi connectivity index (χ1) is 7.29. The monoisotopic (exact) mass is 236 g/mol. The van der Waals surface area contributed by atoms with Crippen LogP contribution in [0.4, 0.5) is 17.6 Å². The third-order valence-electron chi connectivity index (χ3n) is 1.73. The molecule has 2 nitrogen and oxygen atoms in total. The fraction of sp³-hybridized carbons (Fsp3) is 0.300. The Morgan fingerprint density at radius 2 is 1.94 bits per heavy atom. The molecule has 0 fully saturated rings. The second kappa shape index (κ2) is 4.51. The van der Waals surface area contributed by atoms with E-state index in [2.05, 4.69) is 4.74 Å². The van der Waals surface area contributed by atoms with E-state index >= 15 is 0 Å². The Kier molecular flexibility index (Phi) is 3.51. The van der Waals surface area contributed by atoms with Crippen molar-refractivity contribution in [3.8, 4) is 0 Å². The molecule has 1 aromatic carbocycles. The Morgan fingerprint density at radius 1 is 1.31 bits per heavy atom. The molecule has 0 amide bonds. The first-order valence-corrected chi connectivity index (χ1v) is 4.29. The van der Waals surface area contributed by atoms with Gasteiger partial charge in [-0.2, -0.15) is 13.2 Å². The summed E-state index contributed by atoms with van der Waals surface area (Å²) < 4.78 is 54.1. The molecule has 0 aliphatic carbocycles. The molecule has 0 N–H and O–H groups in total. The number of ether oxygens (including phenoxy) is 1. The molecule has 16 heavy (non-hydrogen) atoms. The average Bonchev–Trinajstić information content (AvgIpc) is 2.12. The maximum absolute atomic E-state index is 12.8. The summed E-state index contributed by atoms with van der Waals surface area (Å²) in [4.78, 5) is 10.4. The van der Waals surface area contributed by atoms with Gasteiger partial charge in [-0.15, -0.1) is 0 Å². The van der Waals surface area contributed by atoms with Gasteiger partial charge in [0.2, 0.25) is 0 Å². The highest BCUT2D eigenvalue weighted by molar-refractivity contribution is 5.65. The number of hydrogen-bond donors (Lipinski definition) is 0. The van der Waals surface area contributed by atoms with Crippen molar-refractivity contribution in [3.63, 3.8) is 0 Å². The lowest BCUT2D eigenvalue weighted by molar-refractivity contribution is -0.142. The quantitative estimate of drug-likeness (QED) is 0.583. The molecule has 1 aromatic rings. The minimum Gasteiger partial charge on any atom is -0.461 e. The van der Waals surface area contributed by atoms with Crippen LogP contribution in [0.25, 0.3) is 0 Å². The van der Waals surface area contributed by atoms with E-state index in [1.165, 1.54) is 0 Å². The van der Waals surface area contributed by atoms with Gasteiger partial charge >= 0.3 is 12.1 Å². The summed E-state index contributed by atoms with van der Waals surface area (Å²) in [5, 5.41) is 0. The van der Waals surface area contributed by atoms with Gasteiger partial charge in [-0.3, -0.25) is 4.79 Å². The van der Waals surface area contributed by atoms with Crippen molar-refractivity contribution < 1.29 is 27.1 Å². The molecule has 6 heteroatoms. The van der Waals surface area contributed by atoms with E-state index in [-0.39, 0.29) is 12.2 Å². The minimum absolute atomic E-state index is 0.0393. The molecule has 0 atom stereocenters. The highest BCUT2D eigenvalue weighted by Crippen LogP contribution is 2.30. The van der Waals surface area contributed by atoms with Crippen molar-refractivity contribution in [2.45, 2.75) is 19.7 Å². The number of halogens is 4. The highest BCUT2D eigenvalue weighted by Gasteiger charge is 2.31. The normalized spacial score (nSPS) is 11.3. The van der Waals surface area contributed by atoms with Crippen LogP contribution in [0, 0.1) is 5.82 Å². The molecule has 0 aromatic heterocycles. The predicted molar refractivity (Wildman–Crippen MR) is 46.9 cm³/mol. The van der Waals surface area contributed by atoms with E-state index in [0.29, 0.717) is 6.07 Å². The zero-order chi connectivity index (χ0) is 12.3. The molecule has 1 rings (SSSR count). The van der Waals surface area contributed by atoms with E-state index in [4.69, 9.17) is 0 Å². The zero-order valence-electron chi connectivity index (χ0n) is 8.27. The van der Waals surface area contributed by atoms with Crippen LogP contribution in [-0.4, -0.2) is 5.97 Å². The van der Waals surface area contributed by atoms with Crippen molar-refractivity contribution in [3.05, 3.63) is 35.1 Å². The zero-order valence-corrected chi connectivity index (χ0v) is 8.27. The molecule has 0 aliphatic rings. The molecule has 0 bridgehead atoms. The topological polar surface area (TPSA) is 26.3 Å². The van der Waals surface area contributed by atoms with E-state index < -0.39 is 23.5 Å². The molecule has 0 saturated heterocycles. The number of esters is 1. The van der Waals surface area contributed by atoms with Crippen molar-refractivity contribution in [2.75, 3.05) is 0 Å². The average molecular weight is 236 g/mol. The van der Waals surface area contributed by atoms with Gasteiger partial charge in [-0.1, -0.05) is 0 Å². The lowest BCUT2D eigenvalue weighted by Gasteiger charge is -2.09. The van der Waals surface area contributed by atoms with Crippen LogP contribution in [0.1, 0.15) is 18.1 Å². The molecule has 88 valence electrons. The fourth-order valence-electron chi connectivity index (χ4n) is 1.08. The van der Waals surface area contributed by atoms with E-state index in [0.717, 1.165) is 19.1 Å². The second-order valence-corrected chi connectivity index (χ2v) is 3.13. The first kappa shape index (κ1) is 12.5. The summed E-state index contributed by atoms with van der Waals surface area (Å²) in [7, 11) is 0. The Hall–Kier alpha value is -1.59. The Morgan fingerprint density at radius 3 is 2.44 bits per heavy atom. The number of benzene rings is 1. The maximum Gasteiger partial charge on any atom is 0.416 e. The first-order valence-electron chi connectivity index (χ1n) is 4.29. The van der Waals surface area contributed by atoms with Crippen LogP contribution in [0.2, 0.25) is 0 Å². The SMILES string of the molecule is CC(=O)OCc1cc(F)cc(C(F)(F)F)c1. The lowest BCUT2D eigenvalue weighted by Crippen LogP contribution is -2.07. The Labute approximate surface area is 88.8 Å². The number of carbonyl (C=O) groups excluding carboxylic acids is 1. The van der Waals surface area contributed by atoms with Gasteiger partial charge in [0.25, 0.3) is 0 Å². The summed E-state index contributed by atoms with van der Waals surface area (Å²) in [6.45, 7) is 0.736. The van der Waals surface area contributed by atoms with Crippen LogP contribution in [0.3, 0.4) is 0 Å². The standard InChI is InChI=1S/C10H8F4O2/c1-6(15)16-5-7-2-8(10(12,13)14)4-9(11)3-7/h2-4H,5H2,1H3. The van der Waals surface area contributed by atoms with Crippen molar-refractivity contribution in [1.82, 2.24) is 0 Å². The predicted octanol–water partition coefficient (Wildman–Crippen LogP) is 2.91. The molecule has 0 spiro atoms. The van der Waals surface area contributed by atoms with Crippen molar-refractivity contribution in [2.24, 2.45) is 0 Å². The highest BCUT2D eigenvalue weighted by atomic mass is 19.4. The molecule has 0 unspecified atom stereocenters. The number of carbonyl (C=O) groups is 1. The third kappa shape index (κ3) is 3.52. The summed E-state index contributed by atoms with van der Waals surface area (Å²) >= 11 is 0. The molecule has 0 radical (unpaired) electrons. The largest absolute Gasteiger partial charge is 0.461 e. The van der Waals surface area contributed by atoms with Gasteiger partial charge < -0.3 is 4.74 Å². The molecule has 0 heterocycles. The third-order valence-corrected chi connectivity index (χ3v) is 1.73. The van der Waals surface area contributed by atoms with E-state index in [9.17, 15) is 22.4 Å². The molecule has 0 saturated carbocycles. The molecular weight excluding hydrogens is 228 g/mol. The summed E-state index contributed by atoms with van der Waals surface area (Å²) in [6, 6.07) is 2.02. The summed E-state index contributed by atoms with van der Waals surface area (Å²) in [5.74, 6) is -1.66. The lowest BCUT2D eigenvalue weighted by atomic mass is 10.1. The van der Waals surface area contributed by atoms with Crippen LogP contribution in [0.5, 0.6) is 0 Å². The van der Waals surface area contributed by atoms with Gasteiger partial charge in [-0.05, 0) is 23.8 Å². The van der Waals surface area contributed by atoms with Crippen LogP contribution >= 0.6 is 0 Å². The van der Waals surface area contributed by atoms with Gasteiger partial charge in [0.15, 0.2) is 0 Å². The summed E-state index contributed by atoms with van der Waals surface area (Å²) in [6.07, 6.45) is -4.62. The fourth-order valence-corrected chi connectivity index (χ4v) is 1.08. The molecule has 0 aliphatic heterocycles. The number of alkyl halides is 3. The van der Waals surface area contributed by atoms with Crippen LogP contribution < -0.4 is 0 Å². The van der Waals surface area contributed by atoms with Gasteiger partial charge in [0.05, 0.1) is 5.56 Å². The Bertz CT molecular complexity index is 398. The van der Waals surface area contributed by atoms with Crippen LogP contribution in [0.15, 0.2) is 18.2 Å². The maximum atomic E-state index is 12.8. The minimum atomic E-state index is -4.62. The Balaban J connectivity index is 2.94. The van der Waals surface area contributed by atoms with E-state index in [1.807, 2.05) is 0 Å². The van der Waals surface area contributed by atoms with Crippen molar-refractivity contribution in [1.29, 1.82) is 0 Å². The second-order valence-electron chi connectivity index (χ2n) is 3.13. The van der Waals surface area contributed by atoms with Crippen molar-refractivity contribution >= 4 is 5.97 Å². The summed E-state index contributed by atoms with van der Waals surface area (Å²) in [5.41, 5.74) is -1.14. The molecular formula is C10H8F4O2. The van der Waals surface area contributed by atoms with E-state index in [1.54, 1.807) is 0 Å². The van der Waals surface area contributed by atoms with Crippen LogP contribution in [-0.2, 0) is 22.3 Å². The number of rotatable bonds is 2. The van der Waals surface area contributed by atoms with Gasteiger partial charge in [0.1, 0.15) is 12.4 Å². The smallest absolute Gasteiger partial charge is 0.416 e. The number of hydrogen-bond acceptors (Lipinski definition) is 2. The van der Waals surface area contributed by atoms with Gasteiger partial charge in [-0.25, -0.2) is 4.39 Å².